The fourth-order valence-electron chi connectivity index (χ4n) is 3.58. The molecule has 27 heavy (non-hydrogen) atoms. The fourth-order valence-corrected chi connectivity index (χ4v) is 3.58. The highest BCUT2D eigenvalue weighted by molar-refractivity contribution is 5.96. The molecular weight excluding hydrogens is 344 g/mol. The van der Waals surface area contributed by atoms with E-state index in [4.69, 9.17) is 14.0 Å². The van der Waals surface area contributed by atoms with E-state index in [0.717, 1.165) is 23.4 Å². The maximum Gasteiger partial charge on any atom is 0.233 e. The molecule has 0 saturated carbocycles. The number of amides is 1. The van der Waals surface area contributed by atoms with Crippen LogP contribution in [-0.4, -0.2) is 30.8 Å². The van der Waals surface area contributed by atoms with Gasteiger partial charge in [-0.1, -0.05) is 23.4 Å². The van der Waals surface area contributed by atoms with Gasteiger partial charge in [0.1, 0.15) is 13.2 Å². The van der Waals surface area contributed by atoms with Gasteiger partial charge in [-0.3, -0.25) is 4.79 Å². The van der Waals surface area contributed by atoms with Gasteiger partial charge in [-0.15, -0.1) is 0 Å². The summed E-state index contributed by atoms with van der Waals surface area (Å²) in [7, 11) is 0. The Morgan fingerprint density at radius 2 is 1.89 bits per heavy atom. The molecule has 1 amide bonds. The van der Waals surface area contributed by atoms with Gasteiger partial charge in [0.2, 0.25) is 5.91 Å². The van der Waals surface area contributed by atoms with Crippen LogP contribution in [0.25, 0.3) is 11.3 Å². The van der Waals surface area contributed by atoms with Gasteiger partial charge in [-0.05, 0) is 36.2 Å². The summed E-state index contributed by atoms with van der Waals surface area (Å²) in [5.74, 6) is 2.06. The third kappa shape index (κ3) is 2.93. The molecule has 2 aliphatic heterocycles. The molecule has 0 fully saturated rings. The van der Waals surface area contributed by atoms with E-state index < -0.39 is 0 Å². The van der Waals surface area contributed by atoms with Crippen LogP contribution in [0.5, 0.6) is 11.5 Å². The molecule has 3 heterocycles. The molecule has 0 unspecified atom stereocenters. The summed E-state index contributed by atoms with van der Waals surface area (Å²) in [5.41, 5.74) is 3.67. The van der Waals surface area contributed by atoms with Crippen LogP contribution in [0.3, 0.4) is 0 Å². The number of para-hydroxylation sites is 1. The van der Waals surface area contributed by atoms with Crippen molar-refractivity contribution in [3.05, 3.63) is 59.8 Å². The van der Waals surface area contributed by atoms with E-state index in [-0.39, 0.29) is 12.3 Å². The van der Waals surface area contributed by atoms with E-state index in [1.165, 1.54) is 5.56 Å². The second-order valence-electron chi connectivity index (χ2n) is 6.64. The summed E-state index contributed by atoms with van der Waals surface area (Å²) in [6.07, 6.45) is 1.10. The smallest absolute Gasteiger partial charge is 0.233 e. The standard InChI is InChI=1S/C21H18N2O4/c24-21(23-8-7-14-3-1-2-4-17(14)23)13-16-12-19(27-22-16)15-5-6-18-20(11-15)26-10-9-25-18/h1-6,11-12H,7-10,13H2. The quantitative estimate of drug-likeness (QED) is 0.716. The number of rotatable bonds is 3. The Morgan fingerprint density at radius 3 is 2.81 bits per heavy atom. The Kier molecular flexibility index (Phi) is 3.81. The average molecular weight is 362 g/mol. The maximum absolute atomic E-state index is 12.7. The van der Waals surface area contributed by atoms with Crippen LogP contribution in [0.4, 0.5) is 5.69 Å². The molecule has 136 valence electrons. The highest BCUT2D eigenvalue weighted by Gasteiger charge is 2.25. The average Bonchev–Trinajstić information content (AvgIpc) is 3.34. The van der Waals surface area contributed by atoms with Gasteiger partial charge in [0, 0.05) is 23.9 Å². The molecule has 0 radical (unpaired) electrons. The molecule has 0 atom stereocenters. The highest BCUT2D eigenvalue weighted by Crippen LogP contribution is 2.35. The fraction of sp³-hybridized carbons (Fsp3) is 0.238. The molecule has 0 N–H and O–H groups in total. The summed E-state index contributed by atoms with van der Waals surface area (Å²) >= 11 is 0. The van der Waals surface area contributed by atoms with Crippen LogP contribution in [0.2, 0.25) is 0 Å². The molecule has 3 aromatic rings. The van der Waals surface area contributed by atoms with Gasteiger partial charge in [-0.25, -0.2) is 0 Å². The summed E-state index contributed by atoms with van der Waals surface area (Å²) in [6, 6.07) is 15.5. The first-order valence-electron chi connectivity index (χ1n) is 9.02. The molecular formula is C21H18N2O4. The van der Waals surface area contributed by atoms with E-state index in [9.17, 15) is 4.79 Å². The van der Waals surface area contributed by atoms with Crippen LogP contribution in [-0.2, 0) is 17.6 Å². The maximum atomic E-state index is 12.7. The minimum atomic E-state index is 0.0296. The minimum absolute atomic E-state index is 0.0296. The normalized spacial score (nSPS) is 14.9. The zero-order chi connectivity index (χ0) is 18.2. The van der Waals surface area contributed by atoms with Crippen LogP contribution >= 0.6 is 0 Å². The number of benzene rings is 2. The molecule has 0 aliphatic carbocycles. The van der Waals surface area contributed by atoms with Gasteiger partial charge in [0.05, 0.1) is 12.1 Å². The van der Waals surface area contributed by atoms with E-state index in [0.29, 0.717) is 37.0 Å². The van der Waals surface area contributed by atoms with Crippen molar-refractivity contribution in [3.63, 3.8) is 0 Å². The molecule has 6 nitrogen and oxygen atoms in total. The first-order valence-corrected chi connectivity index (χ1v) is 9.02. The molecule has 6 heteroatoms. The van der Waals surface area contributed by atoms with Crippen LogP contribution in [0, 0.1) is 0 Å². The summed E-state index contributed by atoms with van der Waals surface area (Å²) in [5, 5.41) is 4.08. The van der Waals surface area contributed by atoms with Crippen LogP contribution in [0.15, 0.2) is 53.1 Å². The molecule has 1 aromatic heterocycles. The first kappa shape index (κ1) is 15.9. The number of ether oxygens (including phenoxy) is 2. The lowest BCUT2D eigenvalue weighted by molar-refractivity contribution is -0.118. The van der Waals surface area contributed by atoms with E-state index in [2.05, 4.69) is 11.2 Å². The number of fused-ring (bicyclic) bond motifs is 2. The van der Waals surface area contributed by atoms with Crippen LogP contribution < -0.4 is 14.4 Å². The van der Waals surface area contributed by atoms with Crippen molar-refractivity contribution in [3.8, 4) is 22.8 Å². The SMILES string of the molecule is O=C(Cc1cc(-c2ccc3c(c2)OCCO3)on1)N1CCc2ccccc21. The van der Waals surface area contributed by atoms with Gasteiger partial charge < -0.3 is 18.9 Å². The first-order chi connectivity index (χ1) is 13.3. The van der Waals surface area contributed by atoms with E-state index in [1.54, 1.807) is 0 Å². The highest BCUT2D eigenvalue weighted by atomic mass is 16.6. The summed E-state index contributed by atoms with van der Waals surface area (Å²) in [4.78, 5) is 14.5. The monoisotopic (exact) mass is 362 g/mol. The van der Waals surface area contributed by atoms with E-state index in [1.807, 2.05) is 47.4 Å². The van der Waals surface area contributed by atoms with Crippen molar-refractivity contribution in [2.45, 2.75) is 12.8 Å². The zero-order valence-electron chi connectivity index (χ0n) is 14.7. The summed E-state index contributed by atoms with van der Waals surface area (Å²) < 4.78 is 16.6. The lowest BCUT2D eigenvalue weighted by atomic mass is 10.1. The number of anilines is 1. The van der Waals surface area contributed by atoms with Crippen molar-refractivity contribution >= 4 is 11.6 Å². The minimum Gasteiger partial charge on any atom is -0.486 e. The topological polar surface area (TPSA) is 64.8 Å². The molecule has 0 saturated heterocycles. The number of hydrogen-bond acceptors (Lipinski definition) is 5. The Labute approximate surface area is 156 Å². The Hall–Kier alpha value is -3.28. The Balaban J connectivity index is 1.33. The van der Waals surface area contributed by atoms with Gasteiger partial charge in [-0.2, -0.15) is 0 Å². The third-order valence-electron chi connectivity index (χ3n) is 4.91. The zero-order valence-corrected chi connectivity index (χ0v) is 14.7. The second-order valence-corrected chi connectivity index (χ2v) is 6.64. The lowest BCUT2D eigenvalue weighted by Crippen LogP contribution is -2.30. The number of carbonyl (C=O) groups excluding carboxylic acids is 1. The largest absolute Gasteiger partial charge is 0.486 e. The lowest BCUT2D eigenvalue weighted by Gasteiger charge is -2.18. The van der Waals surface area contributed by atoms with Crippen LogP contribution in [0.1, 0.15) is 11.3 Å². The van der Waals surface area contributed by atoms with E-state index >= 15 is 0 Å². The summed E-state index contributed by atoms with van der Waals surface area (Å²) in [6.45, 7) is 1.80. The van der Waals surface area contributed by atoms with Crippen molar-refractivity contribution in [1.29, 1.82) is 0 Å². The second kappa shape index (κ2) is 6.46. The number of aromatic nitrogens is 1. The molecule has 5 rings (SSSR count). The van der Waals surface area contributed by atoms with Gasteiger partial charge in [0.25, 0.3) is 0 Å². The van der Waals surface area contributed by atoms with Gasteiger partial charge in [0.15, 0.2) is 17.3 Å². The van der Waals surface area contributed by atoms with Crippen molar-refractivity contribution in [2.24, 2.45) is 0 Å². The Bertz CT molecular complexity index is 1010. The molecule has 0 spiro atoms. The number of carbonyl (C=O) groups is 1. The molecule has 2 aliphatic rings. The van der Waals surface area contributed by atoms with Gasteiger partial charge >= 0.3 is 0 Å². The Morgan fingerprint density at radius 1 is 1.04 bits per heavy atom. The number of nitrogens with zero attached hydrogens (tertiary/aromatic N) is 2. The third-order valence-corrected chi connectivity index (χ3v) is 4.91. The number of hydrogen-bond donors (Lipinski definition) is 0. The molecule has 0 bridgehead atoms. The van der Waals surface area contributed by atoms with Crippen molar-refractivity contribution in [1.82, 2.24) is 5.16 Å². The van der Waals surface area contributed by atoms with Crippen molar-refractivity contribution in [2.75, 3.05) is 24.7 Å². The molecule has 2 aromatic carbocycles. The predicted octanol–water partition coefficient (Wildman–Crippen LogP) is 3.24. The van der Waals surface area contributed by atoms with Crippen molar-refractivity contribution < 1.29 is 18.8 Å². The predicted molar refractivity (Wildman–Crippen MR) is 99.1 cm³/mol.